The SMILES string of the molecule is O=C(O)CC1CCN(C2CCCc3occc32)C1. The molecule has 1 aliphatic heterocycles. The van der Waals surface area contributed by atoms with Crippen molar-refractivity contribution >= 4 is 5.97 Å². The molecule has 4 nitrogen and oxygen atoms in total. The number of carboxylic acid groups (broad SMARTS) is 1. The lowest BCUT2D eigenvalue weighted by molar-refractivity contribution is -0.138. The molecule has 0 bridgehead atoms. The van der Waals surface area contributed by atoms with Crippen molar-refractivity contribution < 1.29 is 14.3 Å². The van der Waals surface area contributed by atoms with Gasteiger partial charge in [0.15, 0.2) is 0 Å². The zero-order valence-corrected chi connectivity index (χ0v) is 10.5. The predicted molar refractivity (Wildman–Crippen MR) is 66.3 cm³/mol. The van der Waals surface area contributed by atoms with E-state index in [0.717, 1.165) is 31.7 Å². The molecule has 2 unspecified atom stereocenters. The third kappa shape index (κ3) is 2.17. The van der Waals surface area contributed by atoms with Gasteiger partial charge in [-0.1, -0.05) is 0 Å². The van der Waals surface area contributed by atoms with Crippen LogP contribution in [0.1, 0.15) is 43.0 Å². The summed E-state index contributed by atoms with van der Waals surface area (Å²) in [7, 11) is 0. The number of nitrogens with zero attached hydrogens (tertiary/aromatic N) is 1. The van der Waals surface area contributed by atoms with Crippen molar-refractivity contribution in [1.82, 2.24) is 4.90 Å². The van der Waals surface area contributed by atoms with Crippen LogP contribution in [0.15, 0.2) is 16.7 Å². The van der Waals surface area contributed by atoms with Crippen LogP contribution in [0.4, 0.5) is 0 Å². The lowest BCUT2D eigenvalue weighted by Crippen LogP contribution is -2.29. The van der Waals surface area contributed by atoms with E-state index in [0.29, 0.717) is 18.4 Å². The van der Waals surface area contributed by atoms with Crippen LogP contribution in [0.25, 0.3) is 0 Å². The Morgan fingerprint density at radius 2 is 2.39 bits per heavy atom. The minimum absolute atomic E-state index is 0.307. The maximum absolute atomic E-state index is 10.8. The second kappa shape index (κ2) is 4.76. The number of hydrogen-bond acceptors (Lipinski definition) is 3. The van der Waals surface area contributed by atoms with Crippen molar-refractivity contribution in [2.75, 3.05) is 13.1 Å². The first-order chi connectivity index (χ1) is 8.74. The fraction of sp³-hybridized carbons (Fsp3) is 0.643. The molecular formula is C14H19NO3. The maximum atomic E-state index is 10.8. The summed E-state index contributed by atoms with van der Waals surface area (Å²) < 4.78 is 5.52. The Balaban J connectivity index is 1.69. The van der Waals surface area contributed by atoms with Gasteiger partial charge in [0.1, 0.15) is 5.76 Å². The molecule has 4 heteroatoms. The topological polar surface area (TPSA) is 53.7 Å². The Kier molecular flexibility index (Phi) is 3.12. The minimum Gasteiger partial charge on any atom is -0.481 e. The molecule has 1 aliphatic carbocycles. The van der Waals surface area contributed by atoms with Gasteiger partial charge in [-0.2, -0.15) is 0 Å². The van der Waals surface area contributed by atoms with E-state index in [2.05, 4.69) is 11.0 Å². The number of carboxylic acids is 1. The summed E-state index contributed by atoms with van der Waals surface area (Å²) in [6.07, 6.45) is 6.49. The third-order valence-corrected chi connectivity index (χ3v) is 4.24. The van der Waals surface area contributed by atoms with Gasteiger partial charge in [0.05, 0.1) is 6.26 Å². The van der Waals surface area contributed by atoms with Gasteiger partial charge < -0.3 is 9.52 Å². The van der Waals surface area contributed by atoms with Crippen molar-refractivity contribution in [3.63, 3.8) is 0 Å². The molecule has 1 aromatic rings. The second-order valence-corrected chi connectivity index (χ2v) is 5.45. The van der Waals surface area contributed by atoms with Crippen molar-refractivity contribution in [3.05, 3.63) is 23.7 Å². The van der Waals surface area contributed by atoms with Crippen LogP contribution in [0.3, 0.4) is 0 Å². The average Bonchev–Trinajstić information content (AvgIpc) is 2.95. The van der Waals surface area contributed by atoms with E-state index >= 15 is 0 Å². The van der Waals surface area contributed by atoms with E-state index in [1.807, 2.05) is 0 Å². The van der Waals surface area contributed by atoms with E-state index in [-0.39, 0.29) is 0 Å². The highest BCUT2D eigenvalue weighted by Crippen LogP contribution is 2.38. The zero-order valence-electron chi connectivity index (χ0n) is 10.5. The largest absolute Gasteiger partial charge is 0.481 e. The normalized spacial score (nSPS) is 28.2. The summed E-state index contributed by atoms with van der Waals surface area (Å²) in [6, 6.07) is 2.54. The number of likely N-dealkylation sites (tertiary alicyclic amines) is 1. The van der Waals surface area contributed by atoms with Crippen LogP contribution in [-0.2, 0) is 11.2 Å². The number of carbonyl (C=O) groups is 1. The smallest absolute Gasteiger partial charge is 0.303 e. The molecular weight excluding hydrogens is 230 g/mol. The summed E-state index contributed by atoms with van der Waals surface area (Å²) in [5.74, 6) is 0.780. The molecule has 2 atom stereocenters. The first-order valence-corrected chi connectivity index (χ1v) is 6.76. The van der Waals surface area contributed by atoms with Crippen LogP contribution < -0.4 is 0 Å². The highest BCUT2D eigenvalue weighted by molar-refractivity contribution is 5.67. The molecule has 2 aliphatic rings. The van der Waals surface area contributed by atoms with Gasteiger partial charge in [-0.3, -0.25) is 9.69 Å². The number of aryl methyl sites for hydroxylation is 1. The van der Waals surface area contributed by atoms with Gasteiger partial charge in [0.25, 0.3) is 0 Å². The Morgan fingerprint density at radius 1 is 1.50 bits per heavy atom. The molecule has 0 radical (unpaired) electrons. The van der Waals surface area contributed by atoms with Gasteiger partial charge in [-0.25, -0.2) is 0 Å². The van der Waals surface area contributed by atoms with Gasteiger partial charge in [0.2, 0.25) is 0 Å². The Morgan fingerprint density at radius 3 is 3.22 bits per heavy atom. The van der Waals surface area contributed by atoms with E-state index < -0.39 is 5.97 Å². The van der Waals surface area contributed by atoms with Crippen LogP contribution in [0.5, 0.6) is 0 Å². The van der Waals surface area contributed by atoms with Crippen LogP contribution in [-0.4, -0.2) is 29.1 Å². The quantitative estimate of drug-likeness (QED) is 0.894. The lowest BCUT2D eigenvalue weighted by Gasteiger charge is -2.30. The molecule has 0 saturated carbocycles. The molecule has 1 N–H and O–H groups in total. The fourth-order valence-electron chi connectivity index (χ4n) is 3.40. The molecule has 98 valence electrons. The van der Waals surface area contributed by atoms with Gasteiger partial charge in [-0.15, -0.1) is 0 Å². The van der Waals surface area contributed by atoms with Gasteiger partial charge in [0, 0.05) is 31.0 Å². The van der Waals surface area contributed by atoms with Crippen LogP contribution in [0.2, 0.25) is 0 Å². The molecule has 1 aromatic heterocycles. The summed E-state index contributed by atoms with van der Waals surface area (Å²) in [5.41, 5.74) is 1.33. The standard InChI is InChI=1S/C14H19NO3/c16-14(17)8-10-4-6-15(9-10)12-2-1-3-13-11(12)5-7-18-13/h5,7,10,12H,1-4,6,8-9H2,(H,16,17). The highest BCUT2D eigenvalue weighted by atomic mass is 16.4. The lowest BCUT2D eigenvalue weighted by atomic mass is 9.92. The highest BCUT2D eigenvalue weighted by Gasteiger charge is 2.33. The van der Waals surface area contributed by atoms with Crippen LogP contribution in [0, 0.1) is 5.92 Å². The van der Waals surface area contributed by atoms with Crippen molar-refractivity contribution in [1.29, 1.82) is 0 Å². The van der Waals surface area contributed by atoms with Crippen molar-refractivity contribution in [2.45, 2.75) is 38.1 Å². The third-order valence-electron chi connectivity index (χ3n) is 4.24. The number of aliphatic carboxylic acids is 1. The predicted octanol–water partition coefficient (Wildman–Crippen LogP) is 2.45. The summed E-state index contributed by atoms with van der Waals surface area (Å²) in [6.45, 7) is 1.94. The number of hydrogen-bond donors (Lipinski definition) is 1. The first kappa shape index (κ1) is 11.8. The average molecular weight is 249 g/mol. The molecule has 2 heterocycles. The Bertz CT molecular complexity index is 440. The molecule has 1 fully saturated rings. The monoisotopic (exact) mass is 249 g/mol. The van der Waals surface area contributed by atoms with Crippen molar-refractivity contribution in [3.8, 4) is 0 Å². The minimum atomic E-state index is -0.672. The van der Waals surface area contributed by atoms with Gasteiger partial charge >= 0.3 is 5.97 Å². The van der Waals surface area contributed by atoms with Crippen LogP contribution >= 0.6 is 0 Å². The summed E-state index contributed by atoms with van der Waals surface area (Å²) in [4.78, 5) is 13.2. The Hall–Kier alpha value is -1.29. The second-order valence-electron chi connectivity index (χ2n) is 5.45. The van der Waals surface area contributed by atoms with Gasteiger partial charge in [-0.05, 0) is 37.8 Å². The fourth-order valence-corrected chi connectivity index (χ4v) is 3.40. The number of furan rings is 1. The molecule has 0 amide bonds. The summed E-state index contributed by atoms with van der Waals surface area (Å²) >= 11 is 0. The van der Waals surface area contributed by atoms with E-state index in [9.17, 15) is 4.79 Å². The van der Waals surface area contributed by atoms with Crippen molar-refractivity contribution in [2.24, 2.45) is 5.92 Å². The number of rotatable bonds is 3. The van der Waals surface area contributed by atoms with E-state index in [1.165, 1.54) is 18.4 Å². The molecule has 1 saturated heterocycles. The van der Waals surface area contributed by atoms with E-state index in [4.69, 9.17) is 9.52 Å². The molecule has 3 rings (SSSR count). The first-order valence-electron chi connectivity index (χ1n) is 6.76. The molecule has 0 spiro atoms. The Labute approximate surface area is 107 Å². The number of fused-ring (bicyclic) bond motifs is 1. The zero-order chi connectivity index (χ0) is 12.5. The molecule has 18 heavy (non-hydrogen) atoms. The maximum Gasteiger partial charge on any atom is 0.303 e. The van der Waals surface area contributed by atoms with E-state index in [1.54, 1.807) is 6.26 Å². The molecule has 0 aromatic carbocycles. The summed E-state index contributed by atoms with van der Waals surface area (Å²) in [5, 5.41) is 8.86.